The molecule has 0 aliphatic carbocycles. The van der Waals surface area contributed by atoms with E-state index in [0.29, 0.717) is 22.5 Å². The number of anilines is 2. The summed E-state index contributed by atoms with van der Waals surface area (Å²) in [5.41, 5.74) is 1.60. The van der Waals surface area contributed by atoms with Crippen molar-refractivity contribution >= 4 is 35.0 Å². The first kappa shape index (κ1) is 13.9. The van der Waals surface area contributed by atoms with Crippen molar-refractivity contribution in [1.82, 2.24) is 0 Å². The van der Waals surface area contributed by atoms with E-state index >= 15 is 0 Å². The maximum absolute atomic E-state index is 12.1. The van der Waals surface area contributed by atoms with Crippen LogP contribution in [0.4, 0.5) is 11.4 Å². The van der Waals surface area contributed by atoms with Crippen LogP contribution in [0.3, 0.4) is 0 Å². The SMILES string of the molecule is CC1=CC(=O)N(c2cccc(N3C(=O)C=CC3=O)c2C)C1=O. The molecule has 0 aromatic heterocycles. The Kier molecular flexibility index (Phi) is 3.02. The smallest absolute Gasteiger partial charge is 0.261 e. The van der Waals surface area contributed by atoms with Crippen LogP contribution in [0, 0.1) is 6.92 Å². The van der Waals surface area contributed by atoms with Gasteiger partial charge < -0.3 is 0 Å². The molecule has 0 saturated carbocycles. The third kappa shape index (κ3) is 1.88. The molecule has 0 bridgehead atoms. The largest absolute Gasteiger partial charge is 0.269 e. The Morgan fingerprint density at radius 2 is 1.32 bits per heavy atom. The second kappa shape index (κ2) is 4.77. The van der Waals surface area contributed by atoms with Crippen molar-refractivity contribution in [3.8, 4) is 0 Å². The molecule has 4 amide bonds. The van der Waals surface area contributed by atoms with Crippen molar-refractivity contribution in [2.24, 2.45) is 0 Å². The third-order valence-corrected chi connectivity index (χ3v) is 3.67. The fourth-order valence-electron chi connectivity index (χ4n) is 2.55. The summed E-state index contributed by atoms with van der Waals surface area (Å²) in [6.45, 7) is 3.23. The summed E-state index contributed by atoms with van der Waals surface area (Å²) in [5, 5.41) is 0. The summed E-state index contributed by atoms with van der Waals surface area (Å²) in [4.78, 5) is 49.8. The fraction of sp³-hybridized carbons (Fsp3) is 0.125. The molecule has 0 radical (unpaired) electrons. The number of imide groups is 2. The molecule has 6 nitrogen and oxygen atoms in total. The van der Waals surface area contributed by atoms with E-state index in [9.17, 15) is 19.2 Å². The first-order chi connectivity index (χ1) is 10.4. The molecule has 2 aliphatic rings. The molecule has 0 unspecified atom stereocenters. The van der Waals surface area contributed by atoms with E-state index in [0.717, 1.165) is 9.80 Å². The van der Waals surface area contributed by atoms with Crippen molar-refractivity contribution < 1.29 is 19.2 Å². The fourth-order valence-corrected chi connectivity index (χ4v) is 2.55. The molecule has 1 aromatic carbocycles. The van der Waals surface area contributed by atoms with Gasteiger partial charge in [0.05, 0.1) is 11.4 Å². The van der Waals surface area contributed by atoms with Crippen LogP contribution in [0.25, 0.3) is 0 Å². The average Bonchev–Trinajstić information content (AvgIpc) is 2.92. The predicted octanol–water partition coefficient (Wildman–Crippen LogP) is 1.24. The van der Waals surface area contributed by atoms with Crippen LogP contribution in [0.5, 0.6) is 0 Å². The summed E-state index contributed by atoms with van der Waals surface area (Å²) >= 11 is 0. The van der Waals surface area contributed by atoms with E-state index in [2.05, 4.69) is 0 Å². The summed E-state index contributed by atoms with van der Waals surface area (Å²) < 4.78 is 0. The Balaban J connectivity index is 2.08. The predicted molar refractivity (Wildman–Crippen MR) is 79.1 cm³/mol. The lowest BCUT2D eigenvalue weighted by atomic mass is 10.1. The maximum atomic E-state index is 12.1. The van der Waals surface area contributed by atoms with Gasteiger partial charge in [-0.3, -0.25) is 19.2 Å². The van der Waals surface area contributed by atoms with E-state index in [4.69, 9.17) is 0 Å². The van der Waals surface area contributed by atoms with Gasteiger partial charge in [-0.25, -0.2) is 9.80 Å². The summed E-state index contributed by atoms with van der Waals surface area (Å²) in [6, 6.07) is 4.82. The molecule has 0 atom stereocenters. The number of amides is 4. The first-order valence-electron chi connectivity index (χ1n) is 6.64. The third-order valence-electron chi connectivity index (χ3n) is 3.67. The molecule has 0 N–H and O–H groups in total. The number of benzene rings is 1. The molecule has 22 heavy (non-hydrogen) atoms. The van der Waals surface area contributed by atoms with Gasteiger partial charge in [-0.2, -0.15) is 0 Å². The minimum absolute atomic E-state index is 0.352. The number of carbonyl (C=O) groups is 4. The number of rotatable bonds is 2. The van der Waals surface area contributed by atoms with Crippen LogP contribution in [0.2, 0.25) is 0 Å². The van der Waals surface area contributed by atoms with Crippen LogP contribution in [0.15, 0.2) is 42.0 Å². The molecule has 0 saturated heterocycles. The normalized spacial score (nSPS) is 17.8. The zero-order valence-corrected chi connectivity index (χ0v) is 12.0. The molecule has 2 heterocycles. The van der Waals surface area contributed by atoms with Gasteiger partial charge in [0.25, 0.3) is 23.6 Å². The van der Waals surface area contributed by atoms with Crippen LogP contribution < -0.4 is 9.80 Å². The van der Waals surface area contributed by atoms with Gasteiger partial charge in [0, 0.05) is 23.8 Å². The molecule has 0 spiro atoms. The van der Waals surface area contributed by atoms with E-state index in [1.54, 1.807) is 32.0 Å². The molecule has 1 aromatic rings. The van der Waals surface area contributed by atoms with Gasteiger partial charge >= 0.3 is 0 Å². The van der Waals surface area contributed by atoms with Crippen LogP contribution in [-0.4, -0.2) is 23.6 Å². The van der Waals surface area contributed by atoms with Crippen molar-refractivity contribution in [2.75, 3.05) is 9.80 Å². The molecular formula is C16H12N2O4. The monoisotopic (exact) mass is 296 g/mol. The van der Waals surface area contributed by atoms with Gasteiger partial charge in [-0.15, -0.1) is 0 Å². The van der Waals surface area contributed by atoms with Crippen LogP contribution >= 0.6 is 0 Å². The Bertz CT molecular complexity index is 786. The molecule has 6 heteroatoms. The highest BCUT2D eigenvalue weighted by Gasteiger charge is 2.33. The quantitative estimate of drug-likeness (QED) is 0.770. The van der Waals surface area contributed by atoms with Gasteiger partial charge in [0.2, 0.25) is 0 Å². The lowest BCUT2D eigenvalue weighted by Gasteiger charge is -2.22. The highest BCUT2D eigenvalue weighted by molar-refractivity contribution is 6.31. The van der Waals surface area contributed by atoms with Crippen molar-refractivity contribution in [3.63, 3.8) is 0 Å². The number of hydrogen-bond acceptors (Lipinski definition) is 4. The topological polar surface area (TPSA) is 74.8 Å². The number of carbonyl (C=O) groups excluding carboxylic acids is 4. The Hall–Kier alpha value is -3.02. The molecule has 3 rings (SSSR count). The molecule has 2 aliphatic heterocycles. The van der Waals surface area contributed by atoms with Crippen LogP contribution in [0.1, 0.15) is 12.5 Å². The zero-order valence-electron chi connectivity index (χ0n) is 12.0. The van der Waals surface area contributed by atoms with E-state index in [1.165, 1.54) is 18.2 Å². The summed E-state index contributed by atoms with van der Waals surface area (Å²) in [6.07, 6.45) is 3.64. The van der Waals surface area contributed by atoms with Gasteiger partial charge in [0.1, 0.15) is 0 Å². The van der Waals surface area contributed by atoms with Gasteiger partial charge in [0.15, 0.2) is 0 Å². The molecule has 0 fully saturated rings. The Morgan fingerprint density at radius 3 is 1.82 bits per heavy atom. The van der Waals surface area contributed by atoms with E-state index < -0.39 is 23.6 Å². The van der Waals surface area contributed by atoms with Crippen LogP contribution in [-0.2, 0) is 19.2 Å². The van der Waals surface area contributed by atoms with Gasteiger partial charge in [-0.1, -0.05) is 6.07 Å². The lowest BCUT2D eigenvalue weighted by Crippen LogP contribution is -2.33. The van der Waals surface area contributed by atoms with Crippen molar-refractivity contribution in [3.05, 3.63) is 47.6 Å². The summed E-state index contributed by atoms with van der Waals surface area (Å²) in [5.74, 6) is -1.72. The molecular weight excluding hydrogens is 284 g/mol. The summed E-state index contributed by atoms with van der Waals surface area (Å²) in [7, 11) is 0. The second-order valence-electron chi connectivity index (χ2n) is 5.07. The molecule has 110 valence electrons. The van der Waals surface area contributed by atoms with E-state index in [1.807, 2.05) is 0 Å². The highest BCUT2D eigenvalue weighted by Crippen LogP contribution is 2.33. The highest BCUT2D eigenvalue weighted by atomic mass is 16.2. The zero-order chi connectivity index (χ0) is 16.0. The average molecular weight is 296 g/mol. The first-order valence-corrected chi connectivity index (χ1v) is 6.64. The Morgan fingerprint density at radius 1 is 0.773 bits per heavy atom. The lowest BCUT2D eigenvalue weighted by molar-refractivity contribution is -0.121. The Labute approximate surface area is 126 Å². The minimum atomic E-state index is -0.446. The second-order valence-corrected chi connectivity index (χ2v) is 5.07. The maximum Gasteiger partial charge on any atom is 0.261 e. The standard InChI is InChI=1S/C16H12N2O4/c1-9-8-15(21)18(16(9)22)12-5-3-4-11(10(12)2)17-13(19)6-7-14(17)20/h3-8H,1-2H3. The minimum Gasteiger partial charge on any atom is -0.269 e. The van der Waals surface area contributed by atoms with Gasteiger partial charge in [-0.05, 0) is 31.5 Å². The van der Waals surface area contributed by atoms with E-state index in [-0.39, 0.29) is 0 Å². The van der Waals surface area contributed by atoms with Crippen molar-refractivity contribution in [2.45, 2.75) is 13.8 Å². The number of hydrogen-bond donors (Lipinski definition) is 0. The van der Waals surface area contributed by atoms with Crippen molar-refractivity contribution in [1.29, 1.82) is 0 Å². The number of nitrogens with zero attached hydrogens (tertiary/aromatic N) is 2.